The van der Waals surface area contributed by atoms with Crippen molar-refractivity contribution in [2.45, 2.75) is 32.4 Å². The molecule has 17 nitrogen and oxygen atoms in total. The summed E-state index contributed by atoms with van der Waals surface area (Å²) in [6.45, 7) is 3.36. The van der Waals surface area contributed by atoms with Crippen molar-refractivity contribution in [3.05, 3.63) is 137 Å². The first-order valence-corrected chi connectivity index (χ1v) is 17.8. The fourth-order valence-corrected chi connectivity index (χ4v) is 5.47. The highest BCUT2D eigenvalue weighted by Crippen LogP contribution is 2.39. The van der Waals surface area contributed by atoms with Crippen molar-refractivity contribution in [2.75, 3.05) is 27.0 Å². The van der Waals surface area contributed by atoms with Gasteiger partial charge in [-0.2, -0.15) is 0 Å². The van der Waals surface area contributed by atoms with Crippen molar-refractivity contribution in [2.24, 2.45) is 5.73 Å². The van der Waals surface area contributed by atoms with Crippen molar-refractivity contribution < 1.29 is 48.5 Å². The molecule has 302 valence electrons. The molecule has 0 bridgehead atoms. The third-order valence-electron chi connectivity index (χ3n) is 8.36. The predicted molar refractivity (Wildman–Crippen MR) is 219 cm³/mol. The first-order valence-electron chi connectivity index (χ1n) is 17.8. The smallest absolute Gasteiger partial charge is 0.335 e. The maximum Gasteiger partial charge on any atom is 0.335 e. The van der Waals surface area contributed by atoms with E-state index in [1.165, 1.54) is 91.0 Å². The van der Waals surface area contributed by atoms with Crippen molar-refractivity contribution in [3.63, 3.8) is 0 Å². The quantitative estimate of drug-likeness (QED) is 0.0647. The Hall–Kier alpha value is -8.21. The van der Waals surface area contributed by atoms with Crippen LogP contribution in [0.2, 0.25) is 0 Å². The Bertz CT molecular complexity index is 2420. The Kier molecular flexibility index (Phi) is 13.2. The molecule has 0 saturated heterocycles. The average Bonchev–Trinajstić information content (AvgIpc) is 3.19. The maximum atomic E-state index is 13.3. The molecule has 0 spiro atoms. The summed E-state index contributed by atoms with van der Waals surface area (Å²) < 4.78 is 5.76. The molecule has 0 aromatic heterocycles. The van der Waals surface area contributed by atoms with Gasteiger partial charge in [0.2, 0.25) is 11.8 Å². The number of carboxylic acid groups (broad SMARTS) is 1. The van der Waals surface area contributed by atoms with Crippen LogP contribution in [0.1, 0.15) is 72.1 Å². The Morgan fingerprint density at radius 3 is 1.69 bits per heavy atom. The average molecular weight is 802 g/mol. The monoisotopic (exact) mass is 801 g/mol. The number of carbonyl (C=O) groups excluding carboxylic acids is 6. The zero-order valence-electron chi connectivity index (χ0n) is 31.6. The highest BCUT2D eigenvalue weighted by Gasteiger charge is 2.25. The highest BCUT2D eigenvalue weighted by molar-refractivity contribution is 6.10. The number of phenolic OH excluding ortho intramolecular Hbond substituents is 1. The number of anilines is 5. The Morgan fingerprint density at radius 2 is 1.15 bits per heavy atom. The minimum absolute atomic E-state index is 0.0222. The molecule has 0 unspecified atom stereocenters. The van der Waals surface area contributed by atoms with Gasteiger partial charge in [0.15, 0.2) is 11.5 Å². The van der Waals surface area contributed by atoms with Crippen LogP contribution >= 0.6 is 0 Å². The van der Waals surface area contributed by atoms with E-state index in [2.05, 4.69) is 26.6 Å². The van der Waals surface area contributed by atoms with Crippen LogP contribution in [0.15, 0.2) is 109 Å². The van der Waals surface area contributed by atoms with Crippen LogP contribution in [-0.4, -0.2) is 63.8 Å². The second-order valence-corrected chi connectivity index (χ2v) is 13.2. The van der Waals surface area contributed by atoms with E-state index in [0.717, 1.165) is 0 Å². The van der Waals surface area contributed by atoms with E-state index < -0.39 is 65.7 Å². The number of phenols is 1. The minimum Gasteiger partial charge on any atom is -0.504 e. The molecule has 5 rings (SSSR count). The lowest BCUT2D eigenvalue weighted by Gasteiger charge is -2.19. The third kappa shape index (κ3) is 11.2. The second kappa shape index (κ2) is 18.6. The molecule has 0 saturated carbocycles. The molecular weight excluding hydrogens is 763 g/mol. The fourth-order valence-electron chi connectivity index (χ4n) is 5.47. The van der Waals surface area contributed by atoms with Gasteiger partial charge in [0.1, 0.15) is 6.04 Å². The van der Waals surface area contributed by atoms with E-state index in [1.807, 2.05) is 0 Å². The molecule has 1 atom stereocenters. The van der Waals surface area contributed by atoms with E-state index in [4.69, 9.17) is 21.3 Å². The molecule has 5 aromatic carbocycles. The van der Waals surface area contributed by atoms with Crippen molar-refractivity contribution >= 4 is 69.8 Å². The first kappa shape index (κ1) is 41.9. The fraction of sp³-hybridized carbons (Fsp3) is 0.119. The van der Waals surface area contributed by atoms with Crippen molar-refractivity contribution in [1.82, 2.24) is 5.32 Å². The molecule has 0 heterocycles. The lowest BCUT2D eigenvalue weighted by molar-refractivity contribution is -0.123. The summed E-state index contributed by atoms with van der Waals surface area (Å²) in [5.41, 5.74) is 12.9. The molecule has 0 radical (unpaired) electrons. The summed E-state index contributed by atoms with van der Waals surface area (Å²) in [7, 11) is 0. The molecule has 59 heavy (non-hydrogen) atoms. The summed E-state index contributed by atoms with van der Waals surface area (Å²) >= 11 is 0. The zero-order chi connectivity index (χ0) is 42.8. The van der Waals surface area contributed by atoms with Gasteiger partial charge in [-0.15, -0.1) is 0 Å². The standard InChI is InChI=1S/C42H39N7O10/c1-22(2)59-36-32(19-18-31(35(36)51)40(55)46-29-16-10-25(11-17-29)42(57)58)48-37(52)23-8-14-30(15-9-23)47-41(56)33(21-34(44)50)49-38(53)24-6-12-28(13-7-24)45-39(54)26-4-3-5-27(43)20-26/h3-20,22,33,51H,21,43H2,1-2H3,(H2,44,50)(H,45,54)(H,46,55)(H,47,56)(H,48,52)(H,49,53)(H,57,58)/t33-/m0/s1. The van der Waals surface area contributed by atoms with Gasteiger partial charge in [-0.1, -0.05) is 6.07 Å². The highest BCUT2D eigenvalue weighted by atomic mass is 16.5. The number of hydrogen-bond donors (Lipinski definition) is 9. The number of nitrogens with one attached hydrogen (secondary N) is 5. The van der Waals surface area contributed by atoms with E-state index >= 15 is 0 Å². The van der Waals surface area contributed by atoms with Gasteiger partial charge in [0, 0.05) is 39.4 Å². The minimum atomic E-state index is -1.37. The second-order valence-electron chi connectivity index (χ2n) is 13.2. The van der Waals surface area contributed by atoms with Gasteiger partial charge in [-0.3, -0.25) is 28.8 Å². The third-order valence-corrected chi connectivity index (χ3v) is 8.36. The summed E-state index contributed by atoms with van der Waals surface area (Å²) in [5, 5.41) is 33.2. The Balaban J connectivity index is 1.22. The SMILES string of the molecule is CC(C)Oc1c(NC(=O)c2ccc(NC(=O)[C@H](CC(N)=O)NC(=O)c3ccc(NC(=O)c4cccc(N)c4)cc3)cc2)ccc(C(=O)Nc2ccc(C(=O)O)cc2)c1O. The van der Waals surface area contributed by atoms with Gasteiger partial charge in [0.25, 0.3) is 23.6 Å². The number of benzene rings is 5. The summed E-state index contributed by atoms with van der Waals surface area (Å²) in [6.07, 6.45) is -1.01. The normalized spacial score (nSPS) is 11.1. The number of nitrogen functional groups attached to an aromatic ring is 1. The molecule has 0 aliphatic carbocycles. The van der Waals surface area contributed by atoms with Crippen LogP contribution < -0.4 is 42.8 Å². The summed E-state index contributed by atoms with van der Waals surface area (Å²) in [5.74, 6) is -5.95. The van der Waals surface area contributed by atoms with Crippen molar-refractivity contribution in [3.8, 4) is 11.5 Å². The number of carboxylic acids is 1. The number of hydrogen-bond acceptors (Lipinski definition) is 10. The van der Waals surface area contributed by atoms with E-state index in [-0.39, 0.29) is 45.1 Å². The van der Waals surface area contributed by atoms with Gasteiger partial charge in [-0.05, 0) is 117 Å². The van der Waals surface area contributed by atoms with Crippen LogP contribution in [0.3, 0.4) is 0 Å². The maximum absolute atomic E-state index is 13.3. The number of amides is 6. The Labute approximate surface area is 336 Å². The van der Waals surface area contributed by atoms with Crippen LogP contribution in [0.25, 0.3) is 0 Å². The molecule has 11 N–H and O–H groups in total. The zero-order valence-corrected chi connectivity index (χ0v) is 31.6. The van der Waals surface area contributed by atoms with Gasteiger partial charge < -0.3 is 53.0 Å². The number of rotatable bonds is 15. The van der Waals surface area contributed by atoms with Crippen LogP contribution in [-0.2, 0) is 9.59 Å². The summed E-state index contributed by atoms with van der Waals surface area (Å²) in [4.78, 5) is 88.1. The van der Waals surface area contributed by atoms with Gasteiger partial charge >= 0.3 is 5.97 Å². The van der Waals surface area contributed by atoms with Gasteiger partial charge in [0.05, 0.1) is 29.3 Å². The number of aromatic hydroxyl groups is 1. The van der Waals surface area contributed by atoms with Crippen LogP contribution in [0.4, 0.5) is 28.4 Å². The molecule has 0 fully saturated rings. The number of aromatic carboxylic acids is 1. The predicted octanol–water partition coefficient (Wildman–Crippen LogP) is 4.83. The number of primary amides is 1. The molecule has 17 heteroatoms. The topological polar surface area (TPSA) is 281 Å². The van der Waals surface area contributed by atoms with E-state index in [9.17, 15) is 38.7 Å². The van der Waals surface area contributed by atoms with Crippen molar-refractivity contribution in [1.29, 1.82) is 0 Å². The van der Waals surface area contributed by atoms with Gasteiger partial charge in [-0.25, -0.2) is 4.79 Å². The van der Waals surface area contributed by atoms with Crippen LogP contribution in [0, 0.1) is 0 Å². The molecule has 5 aromatic rings. The molecule has 6 amide bonds. The Morgan fingerprint density at radius 1 is 0.627 bits per heavy atom. The number of nitrogens with two attached hydrogens (primary N) is 2. The number of ether oxygens (including phenoxy) is 1. The van der Waals surface area contributed by atoms with E-state index in [1.54, 1.807) is 32.0 Å². The summed E-state index contributed by atoms with van der Waals surface area (Å²) in [6, 6.07) is 24.5. The molecule has 0 aliphatic rings. The number of carbonyl (C=O) groups is 7. The first-order chi connectivity index (χ1) is 28.1. The molecular formula is C42H39N7O10. The van der Waals surface area contributed by atoms with E-state index in [0.29, 0.717) is 16.9 Å². The lowest BCUT2D eigenvalue weighted by Crippen LogP contribution is -2.46. The molecule has 0 aliphatic heterocycles. The largest absolute Gasteiger partial charge is 0.504 e. The van der Waals surface area contributed by atoms with Crippen LogP contribution in [0.5, 0.6) is 11.5 Å². The lowest BCUT2D eigenvalue weighted by atomic mass is 10.1.